The van der Waals surface area contributed by atoms with Gasteiger partial charge in [-0.05, 0) is 12.5 Å². The Bertz CT molecular complexity index is 311. The fraction of sp³-hybridized carbons (Fsp3) is 0.545. The Kier molecular flexibility index (Phi) is 3.40. The maximum atomic E-state index is 5.60. The molecule has 0 aliphatic carbocycles. The Labute approximate surface area is 89.6 Å². The molecule has 0 bridgehead atoms. The third-order valence-electron chi connectivity index (χ3n) is 2.47. The molecule has 1 aromatic rings. The van der Waals surface area contributed by atoms with Crippen molar-refractivity contribution in [2.24, 2.45) is 5.92 Å². The average molecular weight is 208 g/mol. The van der Waals surface area contributed by atoms with Gasteiger partial charge < -0.3 is 14.8 Å². The molecule has 4 heteroatoms. The van der Waals surface area contributed by atoms with Crippen LogP contribution in [-0.2, 0) is 4.74 Å². The molecule has 0 saturated carbocycles. The van der Waals surface area contributed by atoms with Crippen molar-refractivity contribution < 1.29 is 9.47 Å². The number of hydrogen-bond donors (Lipinski definition) is 1. The first kappa shape index (κ1) is 10.2. The largest absolute Gasteiger partial charge is 0.477 e. The molecule has 1 atom stereocenters. The lowest BCUT2D eigenvalue weighted by Crippen LogP contribution is -2.12. The van der Waals surface area contributed by atoms with Crippen molar-refractivity contribution in [1.29, 1.82) is 0 Å². The summed E-state index contributed by atoms with van der Waals surface area (Å²) < 4.78 is 10.9. The molecule has 1 aromatic heterocycles. The maximum absolute atomic E-state index is 5.60. The van der Waals surface area contributed by atoms with Gasteiger partial charge in [0.2, 0.25) is 5.88 Å². The summed E-state index contributed by atoms with van der Waals surface area (Å²) in [6.45, 7) is 2.36. The fourth-order valence-corrected chi connectivity index (χ4v) is 1.55. The van der Waals surface area contributed by atoms with E-state index in [9.17, 15) is 0 Å². The summed E-state index contributed by atoms with van der Waals surface area (Å²) in [5.74, 6) is 2.02. The van der Waals surface area contributed by atoms with Crippen LogP contribution < -0.4 is 10.1 Å². The number of nitrogens with zero attached hydrogens (tertiary/aromatic N) is 1. The molecule has 4 nitrogen and oxygen atoms in total. The van der Waals surface area contributed by atoms with Crippen LogP contribution in [0.3, 0.4) is 0 Å². The Balaban J connectivity index is 1.86. The van der Waals surface area contributed by atoms with Gasteiger partial charge in [-0.15, -0.1) is 0 Å². The summed E-state index contributed by atoms with van der Waals surface area (Å²) in [7, 11) is 1.84. The molecule has 0 spiro atoms. The van der Waals surface area contributed by atoms with Crippen LogP contribution in [0.2, 0.25) is 0 Å². The minimum absolute atomic E-state index is 0.519. The quantitative estimate of drug-likeness (QED) is 0.815. The Hall–Kier alpha value is -1.29. The van der Waals surface area contributed by atoms with Crippen LogP contribution in [0.4, 0.5) is 5.82 Å². The van der Waals surface area contributed by atoms with E-state index in [-0.39, 0.29) is 0 Å². The molecular formula is C11H16N2O2. The molecule has 0 radical (unpaired) electrons. The van der Waals surface area contributed by atoms with E-state index in [1.807, 2.05) is 25.2 Å². The highest BCUT2D eigenvalue weighted by molar-refractivity contribution is 5.35. The molecule has 2 rings (SSSR count). The van der Waals surface area contributed by atoms with Crippen molar-refractivity contribution in [3.05, 3.63) is 18.2 Å². The van der Waals surface area contributed by atoms with E-state index < -0.39 is 0 Å². The normalized spacial score (nSPS) is 20.2. The Morgan fingerprint density at radius 1 is 1.60 bits per heavy atom. The van der Waals surface area contributed by atoms with Gasteiger partial charge in [0.05, 0.1) is 13.2 Å². The first-order valence-corrected chi connectivity index (χ1v) is 5.24. The lowest BCUT2D eigenvalue weighted by molar-refractivity contribution is 0.165. The molecule has 0 amide bonds. The minimum Gasteiger partial charge on any atom is -0.477 e. The van der Waals surface area contributed by atoms with Crippen molar-refractivity contribution in [1.82, 2.24) is 4.98 Å². The van der Waals surface area contributed by atoms with E-state index in [0.717, 1.165) is 25.5 Å². The van der Waals surface area contributed by atoms with Crippen LogP contribution in [0.25, 0.3) is 0 Å². The minimum atomic E-state index is 0.519. The van der Waals surface area contributed by atoms with Gasteiger partial charge in [0, 0.05) is 25.6 Å². The SMILES string of the molecule is CNc1cccc(OCC2CCOC2)n1. The zero-order valence-corrected chi connectivity index (χ0v) is 8.90. The molecule has 1 saturated heterocycles. The molecule has 1 aliphatic heterocycles. The van der Waals surface area contributed by atoms with Gasteiger partial charge in [-0.1, -0.05) is 6.07 Å². The van der Waals surface area contributed by atoms with E-state index in [2.05, 4.69) is 10.3 Å². The average Bonchev–Trinajstić information content (AvgIpc) is 2.79. The molecule has 0 aromatic carbocycles. The van der Waals surface area contributed by atoms with Crippen LogP contribution in [0.5, 0.6) is 5.88 Å². The van der Waals surface area contributed by atoms with E-state index in [4.69, 9.17) is 9.47 Å². The fourth-order valence-electron chi connectivity index (χ4n) is 1.55. The van der Waals surface area contributed by atoms with Gasteiger partial charge in [-0.3, -0.25) is 0 Å². The molecule has 1 aliphatic rings. The number of ether oxygens (including phenoxy) is 2. The Morgan fingerprint density at radius 2 is 2.53 bits per heavy atom. The standard InChI is InChI=1S/C11H16N2O2/c1-12-10-3-2-4-11(13-10)15-8-9-5-6-14-7-9/h2-4,9H,5-8H2,1H3,(H,12,13). The van der Waals surface area contributed by atoms with Gasteiger partial charge in [-0.2, -0.15) is 4.98 Å². The summed E-state index contributed by atoms with van der Waals surface area (Å²) in [5.41, 5.74) is 0. The zero-order valence-electron chi connectivity index (χ0n) is 8.90. The number of pyridine rings is 1. The predicted molar refractivity (Wildman–Crippen MR) is 58.2 cm³/mol. The number of rotatable bonds is 4. The summed E-state index contributed by atoms with van der Waals surface area (Å²) in [6, 6.07) is 5.71. The van der Waals surface area contributed by atoms with Crippen molar-refractivity contribution >= 4 is 5.82 Å². The second-order valence-corrected chi connectivity index (χ2v) is 3.65. The van der Waals surface area contributed by atoms with Gasteiger partial charge in [0.15, 0.2) is 0 Å². The maximum Gasteiger partial charge on any atom is 0.215 e. The van der Waals surface area contributed by atoms with Crippen LogP contribution in [0.1, 0.15) is 6.42 Å². The summed E-state index contributed by atoms with van der Waals surface area (Å²) in [6.07, 6.45) is 1.09. The lowest BCUT2D eigenvalue weighted by atomic mass is 10.1. The van der Waals surface area contributed by atoms with Crippen molar-refractivity contribution in [2.45, 2.75) is 6.42 Å². The monoisotopic (exact) mass is 208 g/mol. The van der Waals surface area contributed by atoms with Crippen LogP contribution in [-0.4, -0.2) is 31.9 Å². The first-order chi connectivity index (χ1) is 7.38. The smallest absolute Gasteiger partial charge is 0.215 e. The van der Waals surface area contributed by atoms with Crippen molar-refractivity contribution in [2.75, 3.05) is 32.2 Å². The summed E-state index contributed by atoms with van der Waals surface area (Å²) in [5, 5.41) is 2.98. The molecule has 15 heavy (non-hydrogen) atoms. The van der Waals surface area contributed by atoms with Crippen molar-refractivity contribution in [3.8, 4) is 5.88 Å². The molecule has 1 unspecified atom stereocenters. The number of aromatic nitrogens is 1. The molecule has 1 N–H and O–H groups in total. The predicted octanol–water partition coefficient (Wildman–Crippen LogP) is 1.54. The third-order valence-corrected chi connectivity index (χ3v) is 2.47. The molecule has 2 heterocycles. The van der Waals surface area contributed by atoms with E-state index >= 15 is 0 Å². The summed E-state index contributed by atoms with van der Waals surface area (Å²) >= 11 is 0. The van der Waals surface area contributed by atoms with E-state index in [1.165, 1.54) is 0 Å². The highest BCUT2D eigenvalue weighted by Crippen LogP contribution is 2.16. The highest BCUT2D eigenvalue weighted by atomic mass is 16.5. The van der Waals surface area contributed by atoms with Gasteiger partial charge in [0.1, 0.15) is 5.82 Å². The molecule has 1 fully saturated rings. The van der Waals surface area contributed by atoms with Gasteiger partial charge >= 0.3 is 0 Å². The Morgan fingerprint density at radius 3 is 3.27 bits per heavy atom. The highest BCUT2D eigenvalue weighted by Gasteiger charge is 2.16. The van der Waals surface area contributed by atoms with E-state index in [0.29, 0.717) is 18.4 Å². The lowest BCUT2D eigenvalue weighted by Gasteiger charge is -2.10. The van der Waals surface area contributed by atoms with Crippen LogP contribution in [0.15, 0.2) is 18.2 Å². The van der Waals surface area contributed by atoms with Crippen LogP contribution in [0, 0.1) is 5.92 Å². The molecule has 82 valence electrons. The number of nitrogens with one attached hydrogen (secondary N) is 1. The third kappa shape index (κ3) is 2.83. The number of anilines is 1. The van der Waals surface area contributed by atoms with Gasteiger partial charge in [0.25, 0.3) is 0 Å². The first-order valence-electron chi connectivity index (χ1n) is 5.24. The van der Waals surface area contributed by atoms with Crippen LogP contribution >= 0.6 is 0 Å². The second-order valence-electron chi connectivity index (χ2n) is 3.65. The van der Waals surface area contributed by atoms with Crippen molar-refractivity contribution in [3.63, 3.8) is 0 Å². The van der Waals surface area contributed by atoms with Gasteiger partial charge in [-0.25, -0.2) is 0 Å². The van der Waals surface area contributed by atoms with E-state index in [1.54, 1.807) is 0 Å². The summed E-state index contributed by atoms with van der Waals surface area (Å²) in [4.78, 5) is 4.28. The zero-order chi connectivity index (χ0) is 10.5. The second kappa shape index (κ2) is 4.98. The number of hydrogen-bond acceptors (Lipinski definition) is 4. The topological polar surface area (TPSA) is 43.4 Å². The molecular weight excluding hydrogens is 192 g/mol.